The van der Waals surface area contributed by atoms with Crippen molar-refractivity contribution in [1.82, 2.24) is 19.2 Å². The minimum absolute atomic E-state index is 0.0128. The van der Waals surface area contributed by atoms with Crippen LogP contribution in [-0.4, -0.2) is 71.0 Å². The van der Waals surface area contributed by atoms with Gasteiger partial charge >= 0.3 is 0 Å². The fourth-order valence-electron chi connectivity index (χ4n) is 2.30. The van der Waals surface area contributed by atoms with Crippen LogP contribution >= 0.6 is 0 Å². The summed E-state index contributed by atoms with van der Waals surface area (Å²) in [5.41, 5.74) is 0.0128. The summed E-state index contributed by atoms with van der Waals surface area (Å²) in [6.45, 7) is 1.85. The van der Waals surface area contributed by atoms with Crippen LogP contribution in [0.4, 0.5) is 0 Å². The summed E-state index contributed by atoms with van der Waals surface area (Å²) in [4.78, 5) is 2.14. The van der Waals surface area contributed by atoms with Crippen LogP contribution in [0.2, 0.25) is 0 Å². The molecule has 0 aromatic rings. The molecular weight excluding hydrogens is 264 g/mol. The van der Waals surface area contributed by atoms with E-state index in [1.54, 1.807) is 7.05 Å². The lowest BCUT2D eigenvalue weighted by atomic mass is 9.76. The van der Waals surface area contributed by atoms with Gasteiger partial charge < -0.3 is 10.2 Å². The fraction of sp³-hybridized carbons (Fsp3) is 1.00. The molecule has 7 heteroatoms. The van der Waals surface area contributed by atoms with Crippen LogP contribution in [0.1, 0.15) is 25.7 Å². The minimum atomic E-state index is -3.35. The molecule has 0 aliphatic heterocycles. The molecule has 1 fully saturated rings. The lowest BCUT2D eigenvalue weighted by molar-refractivity contribution is 0.0653. The van der Waals surface area contributed by atoms with Gasteiger partial charge in [0.05, 0.1) is 0 Å². The quantitative estimate of drug-likeness (QED) is 0.580. The molecule has 1 rings (SSSR count). The Hall–Kier alpha value is -0.210. The van der Waals surface area contributed by atoms with E-state index in [-0.39, 0.29) is 5.54 Å². The summed E-state index contributed by atoms with van der Waals surface area (Å²) in [7, 11) is 4.17. The molecule has 0 saturated heterocycles. The van der Waals surface area contributed by atoms with Crippen LogP contribution in [0.3, 0.4) is 0 Å². The van der Waals surface area contributed by atoms with Crippen molar-refractivity contribution in [3.63, 3.8) is 0 Å². The van der Waals surface area contributed by atoms with E-state index >= 15 is 0 Å². The molecular formula is C12H28N4O2S. The Bertz CT molecular complexity index is 366. The van der Waals surface area contributed by atoms with Gasteiger partial charge in [-0.2, -0.15) is 12.7 Å². The van der Waals surface area contributed by atoms with Crippen molar-refractivity contribution >= 4 is 10.2 Å². The Morgan fingerprint density at radius 2 is 1.84 bits per heavy atom. The highest BCUT2D eigenvalue weighted by Crippen LogP contribution is 2.35. The summed E-state index contributed by atoms with van der Waals surface area (Å²) in [5, 5.41) is 3.02. The molecule has 0 heterocycles. The summed E-state index contributed by atoms with van der Waals surface area (Å²) >= 11 is 0. The second-order valence-electron chi connectivity index (χ2n) is 5.58. The van der Waals surface area contributed by atoms with Crippen molar-refractivity contribution in [1.29, 1.82) is 0 Å². The van der Waals surface area contributed by atoms with Crippen molar-refractivity contribution < 1.29 is 8.42 Å². The second-order valence-corrected chi connectivity index (χ2v) is 7.44. The van der Waals surface area contributed by atoms with Crippen molar-refractivity contribution in [2.75, 3.05) is 47.8 Å². The number of hydrogen-bond acceptors (Lipinski definition) is 4. The van der Waals surface area contributed by atoms with Gasteiger partial charge in [-0.3, -0.25) is 0 Å². The Morgan fingerprint density at radius 1 is 1.21 bits per heavy atom. The third-order valence-corrected chi connectivity index (χ3v) is 5.64. The van der Waals surface area contributed by atoms with Crippen LogP contribution in [0, 0.1) is 0 Å². The lowest BCUT2D eigenvalue weighted by Gasteiger charge is -2.47. The maximum Gasteiger partial charge on any atom is 0.279 e. The molecule has 0 aromatic heterocycles. The van der Waals surface area contributed by atoms with Crippen molar-refractivity contribution in [2.45, 2.75) is 31.2 Å². The Labute approximate surface area is 117 Å². The minimum Gasteiger partial charge on any atom is -0.320 e. The Balaban J connectivity index is 2.45. The van der Waals surface area contributed by atoms with Crippen LogP contribution in [0.25, 0.3) is 0 Å². The number of rotatable bonds is 9. The van der Waals surface area contributed by atoms with Crippen LogP contribution in [0.15, 0.2) is 0 Å². The summed E-state index contributed by atoms with van der Waals surface area (Å²) in [6, 6.07) is 0. The topological polar surface area (TPSA) is 64.7 Å². The highest BCUT2D eigenvalue weighted by Gasteiger charge is 2.40. The number of hydrogen-bond donors (Lipinski definition) is 2. The molecule has 1 saturated carbocycles. The Morgan fingerprint density at radius 3 is 2.26 bits per heavy atom. The van der Waals surface area contributed by atoms with Gasteiger partial charge in [-0.1, -0.05) is 0 Å². The van der Waals surface area contributed by atoms with Gasteiger partial charge in [0.25, 0.3) is 10.2 Å². The molecule has 0 radical (unpaired) electrons. The third kappa shape index (κ3) is 4.39. The fourth-order valence-corrected chi connectivity index (χ4v) is 3.34. The molecule has 0 bridgehead atoms. The Kier molecular flexibility index (Phi) is 6.19. The standard InChI is InChI=1S/C12H28N4O2S/c1-13-9-6-10-16(4)19(17,18)14-11-12(15(2)3)7-5-8-12/h13-14H,5-11H2,1-4H3. The first kappa shape index (κ1) is 16.8. The predicted molar refractivity (Wildman–Crippen MR) is 78.4 cm³/mol. The highest BCUT2D eigenvalue weighted by molar-refractivity contribution is 7.87. The average molecular weight is 292 g/mol. The molecule has 0 atom stereocenters. The largest absolute Gasteiger partial charge is 0.320 e. The van der Waals surface area contributed by atoms with E-state index in [4.69, 9.17) is 0 Å². The van der Waals surface area contributed by atoms with Gasteiger partial charge in [-0.25, -0.2) is 4.72 Å². The van der Waals surface area contributed by atoms with Crippen molar-refractivity contribution in [3.05, 3.63) is 0 Å². The molecule has 0 spiro atoms. The molecule has 0 aromatic carbocycles. The molecule has 19 heavy (non-hydrogen) atoms. The molecule has 0 unspecified atom stereocenters. The smallest absolute Gasteiger partial charge is 0.279 e. The van der Waals surface area contributed by atoms with Gasteiger partial charge in [0.1, 0.15) is 0 Å². The molecule has 114 valence electrons. The van der Waals surface area contributed by atoms with Crippen LogP contribution in [0.5, 0.6) is 0 Å². The second kappa shape index (κ2) is 6.99. The summed E-state index contributed by atoms with van der Waals surface area (Å²) in [5.74, 6) is 0. The van der Waals surface area contributed by atoms with E-state index in [1.165, 1.54) is 10.7 Å². The molecule has 1 aliphatic rings. The normalized spacial score (nSPS) is 18.8. The maximum atomic E-state index is 12.1. The van der Waals surface area contributed by atoms with Gasteiger partial charge in [-0.05, 0) is 53.4 Å². The van der Waals surface area contributed by atoms with Crippen LogP contribution in [-0.2, 0) is 10.2 Å². The van der Waals surface area contributed by atoms with Gasteiger partial charge in [0.15, 0.2) is 0 Å². The monoisotopic (exact) mass is 292 g/mol. The SMILES string of the molecule is CNCCCN(C)S(=O)(=O)NCC1(N(C)C)CCC1. The molecule has 2 N–H and O–H groups in total. The number of nitrogens with zero attached hydrogens (tertiary/aromatic N) is 2. The highest BCUT2D eigenvalue weighted by atomic mass is 32.2. The van der Waals surface area contributed by atoms with Gasteiger partial charge in [0, 0.05) is 25.7 Å². The van der Waals surface area contributed by atoms with E-state index < -0.39 is 10.2 Å². The first-order valence-corrected chi connectivity index (χ1v) is 8.31. The van der Waals surface area contributed by atoms with E-state index in [1.807, 2.05) is 21.1 Å². The predicted octanol–water partition coefficient (Wildman–Crippen LogP) is -0.154. The van der Waals surface area contributed by atoms with Gasteiger partial charge in [0.2, 0.25) is 0 Å². The number of nitrogens with one attached hydrogen (secondary N) is 2. The van der Waals surface area contributed by atoms with E-state index in [2.05, 4.69) is 14.9 Å². The lowest BCUT2D eigenvalue weighted by Crippen LogP contribution is -2.58. The zero-order valence-corrected chi connectivity index (χ0v) is 13.4. The molecule has 6 nitrogen and oxygen atoms in total. The zero-order chi connectivity index (χ0) is 14.5. The molecule has 0 amide bonds. The van der Waals surface area contributed by atoms with E-state index in [9.17, 15) is 8.42 Å². The summed E-state index contributed by atoms with van der Waals surface area (Å²) < 4.78 is 28.4. The molecule has 1 aliphatic carbocycles. The first-order chi connectivity index (χ1) is 8.84. The third-order valence-electron chi connectivity index (χ3n) is 4.13. The van der Waals surface area contributed by atoms with Crippen LogP contribution < -0.4 is 10.0 Å². The average Bonchev–Trinajstić information content (AvgIpc) is 2.27. The van der Waals surface area contributed by atoms with E-state index in [0.717, 1.165) is 25.8 Å². The number of likely N-dealkylation sites (N-methyl/N-ethyl adjacent to an activating group) is 1. The first-order valence-electron chi connectivity index (χ1n) is 6.87. The van der Waals surface area contributed by atoms with Crippen molar-refractivity contribution in [3.8, 4) is 0 Å². The van der Waals surface area contributed by atoms with E-state index in [0.29, 0.717) is 13.1 Å². The zero-order valence-electron chi connectivity index (χ0n) is 12.6. The maximum absolute atomic E-state index is 12.1. The summed E-state index contributed by atoms with van der Waals surface area (Å²) in [6.07, 6.45) is 4.11. The van der Waals surface area contributed by atoms with Gasteiger partial charge in [-0.15, -0.1) is 0 Å². The van der Waals surface area contributed by atoms with Crippen molar-refractivity contribution in [2.24, 2.45) is 0 Å².